The average Bonchev–Trinajstić information content (AvgIpc) is 3.05. The summed E-state index contributed by atoms with van der Waals surface area (Å²) in [6.45, 7) is 3.28. The lowest BCUT2D eigenvalue weighted by atomic mass is 10.0. The number of phenolic OH excluding ortho intramolecular Hbond substituents is 1. The Bertz CT molecular complexity index is 1680. The molecule has 0 unspecified atom stereocenters. The zero-order valence-electron chi connectivity index (χ0n) is 26.7. The normalized spacial score (nSPS) is 14.8. The molecule has 1 saturated heterocycles. The number of hydrogen-bond acceptors (Lipinski definition) is 10. The van der Waals surface area contributed by atoms with E-state index >= 15 is 0 Å². The SMILES string of the molecule is CCCCS(=O)(=O)N(CC(=O)OCc1ccccc1)c1ccc(N2CCC(NC[C@H](O)c3ccc(O)c(NS(C)(=O)=O)c3)CC2)cc1. The minimum absolute atomic E-state index is 0.00745. The Hall–Kier alpha value is -3.85. The molecule has 4 rings (SSSR count). The van der Waals surface area contributed by atoms with Gasteiger partial charge in [0.15, 0.2) is 0 Å². The van der Waals surface area contributed by atoms with E-state index < -0.39 is 38.7 Å². The van der Waals surface area contributed by atoms with Gasteiger partial charge in [0, 0.05) is 31.4 Å². The standard InChI is InChI=1S/C33H44N4O8S2/c1-3-4-20-47(43,44)37(23-33(40)45-24-25-8-6-5-7-9-25)29-13-11-28(12-14-29)36-18-16-27(17-19-36)34-22-32(39)26-10-15-31(38)30(21-26)35-46(2,41)42/h5-15,21,27,32,34-35,38-39H,3-4,16-20,22-24H2,1-2H3/t32-/m0/s1. The second kappa shape index (κ2) is 16.3. The Morgan fingerprint density at radius 1 is 1.02 bits per heavy atom. The molecule has 1 atom stereocenters. The van der Waals surface area contributed by atoms with Crippen molar-refractivity contribution in [2.75, 3.05) is 52.1 Å². The number of aliphatic hydroxyl groups excluding tert-OH is 1. The zero-order chi connectivity index (χ0) is 34.0. The van der Waals surface area contributed by atoms with E-state index in [4.69, 9.17) is 4.74 Å². The Kier molecular flexibility index (Phi) is 12.5. The van der Waals surface area contributed by atoms with Gasteiger partial charge in [0.25, 0.3) is 0 Å². The summed E-state index contributed by atoms with van der Waals surface area (Å²) in [6, 6.07) is 20.8. The molecule has 1 aliphatic heterocycles. The predicted molar refractivity (Wildman–Crippen MR) is 183 cm³/mol. The summed E-state index contributed by atoms with van der Waals surface area (Å²) in [6.07, 6.45) is 2.86. The Labute approximate surface area is 277 Å². The summed E-state index contributed by atoms with van der Waals surface area (Å²) in [4.78, 5) is 14.9. The molecule has 0 saturated carbocycles. The number of nitrogens with one attached hydrogen (secondary N) is 2. The van der Waals surface area contributed by atoms with E-state index in [9.17, 15) is 31.8 Å². The van der Waals surface area contributed by atoms with E-state index in [0.29, 0.717) is 24.1 Å². The maximum Gasteiger partial charge on any atom is 0.327 e. The number of sulfonamides is 2. The van der Waals surface area contributed by atoms with Gasteiger partial charge in [-0.25, -0.2) is 16.8 Å². The van der Waals surface area contributed by atoms with E-state index in [2.05, 4.69) is 14.9 Å². The first kappa shape index (κ1) is 36.0. The molecule has 0 aromatic heterocycles. The summed E-state index contributed by atoms with van der Waals surface area (Å²) < 4.78 is 58.4. The molecule has 47 heavy (non-hydrogen) atoms. The number of aromatic hydroxyl groups is 1. The molecular formula is C33H44N4O8S2. The molecule has 4 N–H and O–H groups in total. The van der Waals surface area contributed by atoms with Gasteiger partial charge in [0.1, 0.15) is 18.9 Å². The van der Waals surface area contributed by atoms with Gasteiger partial charge < -0.3 is 25.2 Å². The van der Waals surface area contributed by atoms with Crippen molar-refractivity contribution in [3.63, 3.8) is 0 Å². The number of piperidine rings is 1. The predicted octanol–water partition coefficient (Wildman–Crippen LogP) is 3.74. The lowest BCUT2D eigenvalue weighted by Crippen LogP contribution is -2.43. The summed E-state index contributed by atoms with van der Waals surface area (Å²) in [5.74, 6) is -0.932. The van der Waals surface area contributed by atoms with Crippen molar-refractivity contribution < 1.29 is 36.6 Å². The van der Waals surface area contributed by atoms with E-state index in [0.717, 1.165) is 47.7 Å². The first-order chi connectivity index (χ1) is 22.3. The van der Waals surface area contributed by atoms with Crippen molar-refractivity contribution >= 4 is 43.1 Å². The van der Waals surface area contributed by atoms with Crippen LogP contribution < -0.4 is 19.2 Å². The molecule has 0 amide bonds. The van der Waals surface area contributed by atoms with Gasteiger partial charge in [-0.1, -0.05) is 49.7 Å². The van der Waals surface area contributed by atoms with Crippen LogP contribution in [0.25, 0.3) is 0 Å². The van der Waals surface area contributed by atoms with Crippen LogP contribution in [0, 0.1) is 0 Å². The molecule has 1 fully saturated rings. The van der Waals surface area contributed by atoms with Crippen LogP contribution in [-0.2, 0) is 36.2 Å². The summed E-state index contributed by atoms with van der Waals surface area (Å²) in [7, 11) is -7.35. The van der Waals surface area contributed by atoms with Crippen LogP contribution in [0.5, 0.6) is 5.75 Å². The highest BCUT2D eigenvalue weighted by molar-refractivity contribution is 7.92. The summed E-state index contributed by atoms with van der Waals surface area (Å²) >= 11 is 0. The lowest BCUT2D eigenvalue weighted by Gasteiger charge is -2.34. The largest absolute Gasteiger partial charge is 0.506 e. The summed E-state index contributed by atoms with van der Waals surface area (Å²) in [5.41, 5.74) is 2.62. The second-order valence-corrected chi connectivity index (χ2v) is 15.4. The van der Waals surface area contributed by atoms with Crippen LogP contribution in [0.4, 0.5) is 17.1 Å². The third-order valence-corrected chi connectivity index (χ3v) is 10.3. The van der Waals surface area contributed by atoms with E-state index in [-0.39, 0.29) is 36.4 Å². The molecule has 0 bridgehead atoms. The maximum absolute atomic E-state index is 13.3. The van der Waals surface area contributed by atoms with Crippen molar-refractivity contribution in [1.29, 1.82) is 0 Å². The number of phenols is 1. The van der Waals surface area contributed by atoms with Crippen molar-refractivity contribution in [2.45, 2.75) is 51.4 Å². The minimum Gasteiger partial charge on any atom is -0.506 e. The van der Waals surface area contributed by atoms with Gasteiger partial charge in [-0.3, -0.25) is 13.8 Å². The van der Waals surface area contributed by atoms with Gasteiger partial charge >= 0.3 is 5.97 Å². The number of nitrogens with zero attached hydrogens (tertiary/aromatic N) is 2. The number of hydrogen-bond donors (Lipinski definition) is 4. The molecule has 1 heterocycles. The van der Waals surface area contributed by atoms with Crippen LogP contribution in [0.15, 0.2) is 72.8 Å². The second-order valence-electron chi connectivity index (χ2n) is 11.7. The number of rotatable bonds is 16. The zero-order valence-corrected chi connectivity index (χ0v) is 28.3. The van der Waals surface area contributed by atoms with Gasteiger partial charge in [-0.15, -0.1) is 0 Å². The highest BCUT2D eigenvalue weighted by Crippen LogP contribution is 2.29. The van der Waals surface area contributed by atoms with Gasteiger partial charge in [-0.05, 0) is 66.8 Å². The Balaban J connectivity index is 1.33. The fourth-order valence-corrected chi connectivity index (χ4v) is 7.48. The number of anilines is 3. The molecule has 1 aliphatic rings. The van der Waals surface area contributed by atoms with Crippen LogP contribution >= 0.6 is 0 Å². The van der Waals surface area contributed by atoms with Gasteiger partial charge in [0.05, 0.1) is 29.5 Å². The quantitative estimate of drug-likeness (QED) is 0.129. The molecule has 0 spiro atoms. The van der Waals surface area contributed by atoms with Crippen LogP contribution in [0.2, 0.25) is 0 Å². The molecule has 3 aromatic rings. The first-order valence-electron chi connectivity index (χ1n) is 15.6. The van der Waals surface area contributed by atoms with E-state index in [1.807, 2.05) is 49.4 Å². The van der Waals surface area contributed by atoms with Crippen molar-refractivity contribution in [3.8, 4) is 5.75 Å². The van der Waals surface area contributed by atoms with E-state index in [1.165, 1.54) is 12.1 Å². The number of esters is 1. The van der Waals surface area contributed by atoms with Crippen molar-refractivity contribution in [3.05, 3.63) is 83.9 Å². The molecule has 0 radical (unpaired) electrons. The topological polar surface area (TPSA) is 166 Å². The maximum atomic E-state index is 13.3. The van der Waals surface area contributed by atoms with Crippen molar-refractivity contribution in [1.82, 2.24) is 5.32 Å². The molecular weight excluding hydrogens is 645 g/mol. The summed E-state index contributed by atoms with van der Waals surface area (Å²) in [5, 5.41) is 24.0. The number of unbranched alkanes of at least 4 members (excludes halogenated alkanes) is 1. The monoisotopic (exact) mass is 688 g/mol. The van der Waals surface area contributed by atoms with Gasteiger partial charge in [-0.2, -0.15) is 0 Å². The number of carbonyl (C=O) groups excluding carboxylic acids is 1. The Morgan fingerprint density at radius 3 is 2.34 bits per heavy atom. The number of ether oxygens (including phenoxy) is 1. The molecule has 12 nitrogen and oxygen atoms in total. The lowest BCUT2D eigenvalue weighted by molar-refractivity contribution is -0.143. The fraction of sp³-hybridized carbons (Fsp3) is 0.424. The van der Waals surface area contributed by atoms with Crippen LogP contribution in [-0.4, -0.2) is 77.2 Å². The average molecular weight is 689 g/mol. The first-order valence-corrected chi connectivity index (χ1v) is 19.1. The van der Waals surface area contributed by atoms with Crippen LogP contribution in [0.3, 0.4) is 0 Å². The van der Waals surface area contributed by atoms with Crippen LogP contribution in [0.1, 0.15) is 49.8 Å². The molecule has 0 aliphatic carbocycles. The number of aliphatic hydroxyl groups is 1. The molecule has 14 heteroatoms. The molecule has 256 valence electrons. The van der Waals surface area contributed by atoms with Gasteiger partial charge in [0.2, 0.25) is 20.0 Å². The number of carbonyl (C=O) groups is 1. The van der Waals surface area contributed by atoms with E-state index in [1.54, 1.807) is 18.2 Å². The third-order valence-electron chi connectivity index (χ3n) is 7.91. The fourth-order valence-electron chi connectivity index (χ4n) is 5.30. The Morgan fingerprint density at radius 2 is 1.70 bits per heavy atom. The molecule has 3 aromatic carbocycles. The number of benzene rings is 3. The third kappa shape index (κ3) is 10.8. The highest BCUT2D eigenvalue weighted by Gasteiger charge is 2.26. The van der Waals surface area contributed by atoms with Crippen molar-refractivity contribution in [2.24, 2.45) is 0 Å². The smallest absolute Gasteiger partial charge is 0.327 e. The minimum atomic E-state index is -3.76. The highest BCUT2D eigenvalue weighted by atomic mass is 32.2.